The molecule has 0 aromatic heterocycles. The molecule has 2 N–H and O–H groups in total. The van der Waals surface area contributed by atoms with Gasteiger partial charge in [0.05, 0.1) is 18.3 Å². The first kappa shape index (κ1) is 6.58. The van der Waals surface area contributed by atoms with Crippen LogP contribution in [-0.4, -0.2) is 31.5 Å². The van der Waals surface area contributed by atoms with Crippen LogP contribution in [0.25, 0.3) is 0 Å². The topological polar surface area (TPSA) is 44.5 Å². The Labute approximate surface area is 60.5 Å². The van der Waals surface area contributed by atoms with Crippen LogP contribution in [0.15, 0.2) is 0 Å². The second kappa shape index (κ2) is 2.49. The average Bonchev–Trinajstić information content (AvgIpc) is 2.42. The molecular weight excluding hydrogens is 130 g/mol. The van der Waals surface area contributed by atoms with Crippen molar-refractivity contribution in [1.82, 2.24) is 0 Å². The standard InChI is InChI=1S/C7H13NO2/c8-4-5-3-7-6(10-5)1-2-9-7/h5-7H,1-4,8H2. The van der Waals surface area contributed by atoms with E-state index in [1.165, 1.54) is 0 Å². The highest BCUT2D eigenvalue weighted by atomic mass is 16.6. The molecule has 0 aliphatic carbocycles. The average molecular weight is 143 g/mol. The van der Waals surface area contributed by atoms with Gasteiger partial charge in [-0.2, -0.15) is 0 Å². The maximum absolute atomic E-state index is 5.58. The second-order valence-electron chi connectivity index (χ2n) is 2.97. The van der Waals surface area contributed by atoms with Gasteiger partial charge in [0.15, 0.2) is 0 Å². The van der Waals surface area contributed by atoms with Gasteiger partial charge in [0.25, 0.3) is 0 Å². The van der Waals surface area contributed by atoms with Crippen molar-refractivity contribution in [2.24, 2.45) is 5.73 Å². The third-order valence-corrected chi connectivity index (χ3v) is 2.27. The Morgan fingerprint density at radius 1 is 1.40 bits per heavy atom. The van der Waals surface area contributed by atoms with E-state index in [0.717, 1.165) is 19.4 Å². The predicted molar refractivity (Wildman–Crippen MR) is 36.7 cm³/mol. The molecule has 0 radical (unpaired) electrons. The van der Waals surface area contributed by atoms with Gasteiger partial charge < -0.3 is 15.2 Å². The molecule has 2 rings (SSSR count). The highest BCUT2D eigenvalue weighted by Gasteiger charge is 2.38. The van der Waals surface area contributed by atoms with Crippen molar-refractivity contribution < 1.29 is 9.47 Å². The van der Waals surface area contributed by atoms with Crippen LogP contribution in [0.5, 0.6) is 0 Å². The molecule has 0 bridgehead atoms. The van der Waals surface area contributed by atoms with Crippen LogP contribution in [-0.2, 0) is 9.47 Å². The first-order valence-corrected chi connectivity index (χ1v) is 3.87. The Kier molecular flexibility index (Phi) is 1.64. The van der Waals surface area contributed by atoms with E-state index < -0.39 is 0 Å². The summed E-state index contributed by atoms with van der Waals surface area (Å²) in [5.74, 6) is 0. The molecule has 3 unspecified atom stereocenters. The first-order valence-electron chi connectivity index (χ1n) is 3.87. The molecule has 2 heterocycles. The summed E-state index contributed by atoms with van der Waals surface area (Å²) in [6.45, 7) is 1.50. The lowest BCUT2D eigenvalue weighted by molar-refractivity contribution is 0.0426. The minimum absolute atomic E-state index is 0.260. The van der Waals surface area contributed by atoms with Gasteiger partial charge in [-0.15, -0.1) is 0 Å². The third kappa shape index (κ3) is 0.944. The highest BCUT2D eigenvalue weighted by molar-refractivity contribution is 4.87. The maximum Gasteiger partial charge on any atom is 0.0864 e. The summed E-state index contributed by atoms with van der Waals surface area (Å²) >= 11 is 0. The number of hydrogen-bond donors (Lipinski definition) is 1. The van der Waals surface area contributed by atoms with E-state index in [9.17, 15) is 0 Å². The SMILES string of the molecule is NCC1CC2OCCC2O1. The van der Waals surface area contributed by atoms with E-state index in [1.807, 2.05) is 0 Å². The van der Waals surface area contributed by atoms with Gasteiger partial charge in [0.1, 0.15) is 0 Å². The van der Waals surface area contributed by atoms with Crippen LogP contribution >= 0.6 is 0 Å². The van der Waals surface area contributed by atoms with Crippen LogP contribution in [0.4, 0.5) is 0 Å². The first-order chi connectivity index (χ1) is 4.90. The summed E-state index contributed by atoms with van der Waals surface area (Å²) in [5, 5.41) is 0. The summed E-state index contributed by atoms with van der Waals surface area (Å²) in [5.41, 5.74) is 5.46. The summed E-state index contributed by atoms with van der Waals surface area (Å²) in [6, 6.07) is 0. The molecule has 2 aliphatic heterocycles. The van der Waals surface area contributed by atoms with Gasteiger partial charge in [-0.25, -0.2) is 0 Å². The van der Waals surface area contributed by atoms with Crippen LogP contribution in [0.2, 0.25) is 0 Å². The van der Waals surface area contributed by atoms with Gasteiger partial charge in [-0.05, 0) is 6.42 Å². The number of nitrogens with two attached hydrogens (primary N) is 1. The number of ether oxygens (including phenoxy) is 2. The maximum atomic E-state index is 5.58. The Balaban J connectivity index is 1.94. The molecular formula is C7H13NO2. The fourth-order valence-electron chi connectivity index (χ4n) is 1.72. The van der Waals surface area contributed by atoms with E-state index in [4.69, 9.17) is 15.2 Å². The lowest BCUT2D eigenvalue weighted by Crippen LogP contribution is -2.20. The van der Waals surface area contributed by atoms with Gasteiger partial charge in [-0.1, -0.05) is 0 Å². The number of rotatable bonds is 1. The smallest absolute Gasteiger partial charge is 0.0864 e. The minimum Gasteiger partial charge on any atom is -0.375 e. The van der Waals surface area contributed by atoms with Crippen LogP contribution < -0.4 is 5.73 Å². The van der Waals surface area contributed by atoms with Crippen LogP contribution in [0.3, 0.4) is 0 Å². The molecule has 2 fully saturated rings. The molecule has 2 aliphatic rings. The summed E-state index contributed by atoms with van der Waals surface area (Å²) in [4.78, 5) is 0. The molecule has 0 spiro atoms. The second-order valence-corrected chi connectivity index (χ2v) is 2.97. The lowest BCUT2D eigenvalue weighted by Gasteiger charge is -2.07. The monoisotopic (exact) mass is 143 g/mol. The quantitative estimate of drug-likeness (QED) is 0.557. The molecule has 3 nitrogen and oxygen atoms in total. The van der Waals surface area contributed by atoms with Gasteiger partial charge in [0.2, 0.25) is 0 Å². The van der Waals surface area contributed by atoms with Crippen molar-refractivity contribution in [1.29, 1.82) is 0 Å². The molecule has 0 aromatic carbocycles. The van der Waals surface area contributed by atoms with Crippen molar-refractivity contribution in [3.8, 4) is 0 Å². The van der Waals surface area contributed by atoms with Crippen molar-refractivity contribution in [2.75, 3.05) is 13.2 Å². The Bertz CT molecular complexity index is 117. The highest BCUT2D eigenvalue weighted by Crippen LogP contribution is 2.29. The van der Waals surface area contributed by atoms with E-state index >= 15 is 0 Å². The molecule has 0 amide bonds. The van der Waals surface area contributed by atoms with Gasteiger partial charge in [0, 0.05) is 19.6 Å². The Hall–Kier alpha value is -0.120. The fraction of sp³-hybridized carbons (Fsp3) is 1.00. The van der Waals surface area contributed by atoms with Gasteiger partial charge in [-0.3, -0.25) is 0 Å². The largest absolute Gasteiger partial charge is 0.375 e. The zero-order valence-electron chi connectivity index (χ0n) is 5.95. The van der Waals surface area contributed by atoms with E-state index in [2.05, 4.69) is 0 Å². The van der Waals surface area contributed by atoms with Crippen molar-refractivity contribution in [3.05, 3.63) is 0 Å². The molecule has 58 valence electrons. The fourth-order valence-corrected chi connectivity index (χ4v) is 1.72. The lowest BCUT2D eigenvalue weighted by atomic mass is 10.1. The van der Waals surface area contributed by atoms with Crippen molar-refractivity contribution >= 4 is 0 Å². The minimum atomic E-state index is 0.260. The molecule has 2 saturated heterocycles. The number of fused-ring (bicyclic) bond motifs is 1. The van der Waals surface area contributed by atoms with E-state index in [-0.39, 0.29) is 6.10 Å². The van der Waals surface area contributed by atoms with Crippen LogP contribution in [0.1, 0.15) is 12.8 Å². The Morgan fingerprint density at radius 3 is 3.00 bits per heavy atom. The molecule has 0 aromatic rings. The van der Waals surface area contributed by atoms with Gasteiger partial charge >= 0.3 is 0 Å². The zero-order chi connectivity index (χ0) is 6.97. The molecule has 0 saturated carbocycles. The molecule has 3 atom stereocenters. The van der Waals surface area contributed by atoms with Crippen molar-refractivity contribution in [3.63, 3.8) is 0 Å². The summed E-state index contributed by atoms with van der Waals surface area (Å²) < 4.78 is 11.0. The summed E-state index contributed by atoms with van der Waals surface area (Å²) in [6.07, 6.45) is 3.03. The summed E-state index contributed by atoms with van der Waals surface area (Å²) in [7, 11) is 0. The molecule has 3 heteroatoms. The predicted octanol–water partition coefficient (Wildman–Crippen LogP) is -0.109. The Morgan fingerprint density at radius 2 is 2.30 bits per heavy atom. The third-order valence-electron chi connectivity index (χ3n) is 2.27. The van der Waals surface area contributed by atoms with E-state index in [0.29, 0.717) is 18.8 Å². The van der Waals surface area contributed by atoms with E-state index in [1.54, 1.807) is 0 Å². The number of hydrogen-bond acceptors (Lipinski definition) is 3. The molecule has 10 heavy (non-hydrogen) atoms. The van der Waals surface area contributed by atoms with Crippen molar-refractivity contribution in [2.45, 2.75) is 31.2 Å². The van der Waals surface area contributed by atoms with Crippen LogP contribution in [0, 0.1) is 0 Å². The normalized spacial score (nSPS) is 45.9. The zero-order valence-corrected chi connectivity index (χ0v) is 5.95.